The Morgan fingerprint density at radius 1 is 0.634 bits per heavy atom. The van der Waals surface area contributed by atoms with Crippen molar-refractivity contribution in [1.82, 2.24) is 9.97 Å². The van der Waals surface area contributed by atoms with E-state index >= 15 is 0 Å². The van der Waals surface area contributed by atoms with E-state index in [4.69, 9.17) is 10.2 Å². The Morgan fingerprint density at radius 2 is 1.12 bits per heavy atom. The maximum absolute atomic E-state index is 10.7. The van der Waals surface area contributed by atoms with Gasteiger partial charge in [-0.1, -0.05) is 66.7 Å². The lowest BCUT2D eigenvalue weighted by molar-refractivity contribution is -0.132. The van der Waals surface area contributed by atoms with Gasteiger partial charge in [0.25, 0.3) is 0 Å². The van der Waals surface area contributed by atoms with Crippen molar-refractivity contribution in [3.63, 3.8) is 0 Å². The molecule has 0 saturated carbocycles. The van der Waals surface area contributed by atoms with Crippen LogP contribution < -0.4 is 16.2 Å². The highest BCUT2D eigenvalue weighted by Crippen LogP contribution is 2.19. The van der Waals surface area contributed by atoms with Gasteiger partial charge >= 0.3 is 11.9 Å². The number of hydrazone groups is 2. The Hall–Kier alpha value is -6.10. The lowest BCUT2D eigenvalue weighted by Crippen LogP contribution is -2.04. The molecule has 0 unspecified atom stereocenters. The van der Waals surface area contributed by atoms with Crippen LogP contribution in [0.3, 0.4) is 0 Å². The molecule has 0 fully saturated rings. The monoisotopic (exact) mass is 547 g/mol. The Morgan fingerprint density at radius 3 is 1.66 bits per heavy atom. The first-order chi connectivity index (χ1) is 19.9. The fourth-order valence-electron chi connectivity index (χ4n) is 3.35. The van der Waals surface area contributed by atoms with E-state index in [-0.39, 0.29) is 5.95 Å². The van der Waals surface area contributed by atoms with E-state index in [1.165, 1.54) is 12.2 Å². The van der Waals surface area contributed by atoms with Crippen molar-refractivity contribution in [2.24, 2.45) is 10.2 Å². The molecule has 11 heteroatoms. The molecule has 1 aromatic heterocycles. The Labute approximate surface area is 235 Å². The lowest BCUT2D eigenvalue weighted by Gasteiger charge is -2.09. The molecule has 0 atom stereocenters. The fraction of sp³-hybridized carbons (Fsp3) is 0. The van der Waals surface area contributed by atoms with E-state index < -0.39 is 11.9 Å². The summed E-state index contributed by atoms with van der Waals surface area (Å²) in [6.07, 6.45) is 8.37. The second-order valence-corrected chi connectivity index (χ2v) is 8.37. The lowest BCUT2D eigenvalue weighted by atomic mass is 10.1. The van der Waals surface area contributed by atoms with Crippen LogP contribution in [0.5, 0.6) is 0 Å². The van der Waals surface area contributed by atoms with Crippen LogP contribution >= 0.6 is 0 Å². The number of hydrogen-bond acceptors (Lipinski definition) is 9. The van der Waals surface area contributed by atoms with Crippen LogP contribution in [0.2, 0.25) is 0 Å². The first-order valence-corrected chi connectivity index (χ1v) is 12.2. The number of benzene rings is 3. The molecule has 0 spiro atoms. The van der Waals surface area contributed by atoms with Gasteiger partial charge in [-0.3, -0.25) is 5.43 Å². The third-order valence-corrected chi connectivity index (χ3v) is 5.25. The van der Waals surface area contributed by atoms with E-state index in [9.17, 15) is 9.59 Å². The van der Waals surface area contributed by atoms with Crippen LogP contribution in [0, 0.1) is 0 Å². The number of rotatable bonds is 12. The minimum absolute atomic E-state index is 0.218. The summed E-state index contributed by atoms with van der Waals surface area (Å²) in [5.41, 5.74) is 9.65. The molecule has 0 saturated heterocycles. The number of aliphatic carboxylic acids is 2. The number of aromatic nitrogens is 2. The molecule has 41 heavy (non-hydrogen) atoms. The van der Waals surface area contributed by atoms with Gasteiger partial charge in [0.1, 0.15) is 5.82 Å². The predicted molar refractivity (Wildman–Crippen MR) is 160 cm³/mol. The maximum Gasteiger partial charge on any atom is 0.328 e. The highest BCUT2D eigenvalue weighted by Gasteiger charge is 2.05. The van der Waals surface area contributed by atoms with Crippen LogP contribution in [0.1, 0.15) is 22.3 Å². The van der Waals surface area contributed by atoms with Crippen molar-refractivity contribution < 1.29 is 19.8 Å². The van der Waals surface area contributed by atoms with E-state index in [1.807, 2.05) is 42.5 Å². The van der Waals surface area contributed by atoms with Crippen LogP contribution in [-0.4, -0.2) is 44.5 Å². The Balaban J connectivity index is 1.46. The molecule has 0 aliphatic carbocycles. The van der Waals surface area contributed by atoms with Crippen LogP contribution in [0.4, 0.5) is 23.3 Å². The second kappa shape index (κ2) is 14.2. The van der Waals surface area contributed by atoms with Crippen molar-refractivity contribution in [2.75, 3.05) is 16.2 Å². The van der Waals surface area contributed by atoms with Crippen LogP contribution in [0.15, 0.2) is 107 Å². The van der Waals surface area contributed by atoms with Gasteiger partial charge in [-0.05, 0) is 46.5 Å². The van der Waals surface area contributed by atoms with Crippen molar-refractivity contribution in [3.8, 4) is 0 Å². The van der Waals surface area contributed by atoms with Crippen LogP contribution in [-0.2, 0) is 9.59 Å². The van der Waals surface area contributed by atoms with Crippen molar-refractivity contribution in [2.45, 2.75) is 0 Å². The molecule has 0 aliphatic heterocycles. The zero-order valence-electron chi connectivity index (χ0n) is 21.5. The number of carboxylic acids is 2. The van der Waals surface area contributed by atoms with E-state index in [1.54, 1.807) is 54.9 Å². The molecule has 1 heterocycles. The third-order valence-electron chi connectivity index (χ3n) is 5.25. The van der Waals surface area contributed by atoms with Gasteiger partial charge in [-0.2, -0.15) is 20.2 Å². The molecule has 11 nitrogen and oxygen atoms in total. The van der Waals surface area contributed by atoms with E-state index in [2.05, 4.69) is 36.3 Å². The largest absolute Gasteiger partial charge is 0.478 e. The minimum Gasteiger partial charge on any atom is -0.478 e. The third kappa shape index (κ3) is 9.61. The number of para-hydroxylation sites is 1. The topological polar surface area (TPSA) is 161 Å². The number of nitrogens with zero attached hydrogens (tertiary/aromatic N) is 4. The summed E-state index contributed by atoms with van der Waals surface area (Å²) in [7, 11) is 0. The zero-order chi connectivity index (χ0) is 28.9. The summed E-state index contributed by atoms with van der Waals surface area (Å²) in [4.78, 5) is 30.2. The summed E-state index contributed by atoms with van der Waals surface area (Å²) in [5, 5.41) is 29.2. The van der Waals surface area contributed by atoms with Crippen molar-refractivity contribution in [3.05, 3.63) is 119 Å². The summed E-state index contributed by atoms with van der Waals surface area (Å²) in [6.45, 7) is 0. The van der Waals surface area contributed by atoms with Crippen molar-refractivity contribution in [1.29, 1.82) is 0 Å². The summed E-state index contributed by atoms with van der Waals surface area (Å²) >= 11 is 0. The number of nitrogens with one attached hydrogen (secondary N) is 3. The van der Waals surface area contributed by atoms with Gasteiger partial charge < -0.3 is 15.5 Å². The van der Waals surface area contributed by atoms with Gasteiger partial charge in [-0.15, -0.1) is 0 Å². The van der Waals surface area contributed by atoms with Crippen LogP contribution in [0.25, 0.3) is 12.2 Å². The average molecular weight is 548 g/mol. The maximum atomic E-state index is 10.7. The Kier molecular flexibility index (Phi) is 9.65. The molecular formula is C30H25N7O4. The zero-order valence-corrected chi connectivity index (χ0v) is 21.5. The number of carboxylic acid groups (broad SMARTS) is 2. The fourth-order valence-corrected chi connectivity index (χ4v) is 3.35. The van der Waals surface area contributed by atoms with E-state index in [0.717, 1.165) is 40.1 Å². The molecule has 0 radical (unpaired) electrons. The molecule has 204 valence electrons. The summed E-state index contributed by atoms with van der Waals surface area (Å²) in [6, 6.07) is 25.6. The van der Waals surface area contributed by atoms with E-state index in [0.29, 0.717) is 11.6 Å². The van der Waals surface area contributed by atoms with Gasteiger partial charge in [0.2, 0.25) is 5.95 Å². The molecule has 0 bridgehead atoms. The minimum atomic E-state index is -1.01. The molecule has 0 amide bonds. The number of carbonyl (C=O) groups is 2. The molecule has 0 aliphatic rings. The highest BCUT2D eigenvalue weighted by atomic mass is 16.4. The quantitative estimate of drug-likeness (QED) is 0.0899. The molecule has 4 rings (SSSR count). The number of anilines is 4. The summed E-state index contributed by atoms with van der Waals surface area (Å²) in [5.74, 6) is -0.888. The summed E-state index contributed by atoms with van der Waals surface area (Å²) < 4.78 is 0. The second-order valence-electron chi connectivity index (χ2n) is 8.37. The molecule has 5 N–H and O–H groups in total. The van der Waals surface area contributed by atoms with Crippen molar-refractivity contribution >= 4 is 59.8 Å². The normalized spacial score (nSPS) is 11.4. The first kappa shape index (κ1) is 27.9. The molecule has 4 aromatic rings. The van der Waals surface area contributed by atoms with Gasteiger partial charge in [0.15, 0.2) is 5.82 Å². The van der Waals surface area contributed by atoms with Gasteiger partial charge in [-0.25, -0.2) is 15.0 Å². The smallest absolute Gasteiger partial charge is 0.328 e. The Bertz CT molecular complexity index is 1500. The van der Waals surface area contributed by atoms with Gasteiger partial charge in [0, 0.05) is 23.9 Å². The SMILES string of the molecule is O=C(O)C=Cc1ccc(C=NNc2cc(Nc3ccccc3)nc(NN=Cc3ccc(C=CC(=O)O)cc3)n2)cc1. The predicted octanol–water partition coefficient (Wildman–Crippen LogP) is 5.31. The highest BCUT2D eigenvalue weighted by molar-refractivity contribution is 5.86. The average Bonchev–Trinajstić information content (AvgIpc) is 2.97. The first-order valence-electron chi connectivity index (χ1n) is 12.2. The molecular weight excluding hydrogens is 522 g/mol. The number of hydrogen-bond donors (Lipinski definition) is 5. The molecule has 3 aromatic carbocycles. The standard InChI is InChI=1S/C30H25N7O4/c38-28(39)16-14-21-6-10-23(11-7-21)19-31-36-27-18-26(33-25-4-2-1-3-5-25)34-30(35-27)37-32-20-24-12-8-22(9-13-24)15-17-29(40)41/h1-20H,(H,38,39)(H,40,41)(H3,33,34,35,36,37). The van der Waals surface area contributed by atoms with Gasteiger partial charge in [0.05, 0.1) is 12.4 Å².